The molecule has 1 aliphatic rings. The van der Waals surface area contributed by atoms with E-state index < -0.39 is 5.25 Å². The van der Waals surface area contributed by atoms with Crippen LogP contribution in [0.1, 0.15) is 24.9 Å². The summed E-state index contributed by atoms with van der Waals surface area (Å²) in [6.07, 6.45) is 0.116. The quantitative estimate of drug-likeness (QED) is 0.613. The Bertz CT molecular complexity index is 1090. The van der Waals surface area contributed by atoms with E-state index in [0.29, 0.717) is 5.69 Å². The molecule has 0 saturated carbocycles. The van der Waals surface area contributed by atoms with Gasteiger partial charge in [-0.2, -0.15) is 0 Å². The molecule has 1 saturated heterocycles. The van der Waals surface area contributed by atoms with Crippen LogP contribution < -0.4 is 10.2 Å². The first-order valence-corrected chi connectivity index (χ1v) is 10.9. The fourth-order valence-electron chi connectivity index (χ4n) is 3.75. The van der Waals surface area contributed by atoms with Crippen molar-refractivity contribution in [3.8, 4) is 0 Å². The number of amides is 3. The number of hydrogen-bond acceptors (Lipinski definition) is 4. The van der Waals surface area contributed by atoms with Crippen LogP contribution in [0.15, 0.2) is 72.8 Å². The average Bonchev–Trinajstić information content (AvgIpc) is 3.05. The summed E-state index contributed by atoms with van der Waals surface area (Å²) in [5.74, 6) is -0.514. The molecule has 1 N–H and O–H groups in total. The molecule has 0 aromatic heterocycles. The molecular weight excluding hydrogens is 396 g/mol. The molecular formula is C24H22N2O3S. The number of rotatable bonds is 6. The van der Waals surface area contributed by atoms with Crippen LogP contribution in [-0.2, 0) is 14.4 Å². The molecule has 1 fully saturated rings. The van der Waals surface area contributed by atoms with E-state index in [2.05, 4.69) is 5.32 Å². The van der Waals surface area contributed by atoms with E-state index in [0.717, 1.165) is 16.3 Å². The Hall–Kier alpha value is -3.12. The molecule has 2 atom stereocenters. The minimum atomic E-state index is -0.531. The predicted molar refractivity (Wildman–Crippen MR) is 120 cm³/mol. The lowest BCUT2D eigenvalue weighted by Crippen LogP contribution is -2.32. The van der Waals surface area contributed by atoms with Crippen molar-refractivity contribution in [3.05, 3.63) is 78.4 Å². The first kappa shape index (κ1) is 20.2. The van der Waals surface area contributed by atoms with Gasteiger partial charge in [0.1, 0.15) is 0 Å². The fourth-order valence-corrected chi connectivity index (χ4v) is 4.69. The van der Waals surface area contributed by atoms with Gasteiger partial charge in [0.2, 0.25) is 17.7 Å². The van der Waals surface area contributed by atoms with Crippen molar-refractivity contribution in [2.75, 3.05) is 10.7 Å². The lowest BCUT2D eigenvalue weighted by atomic mass is 10.00. The molecule has 6 heteroatoms. The third-order valence-electron chi connectivity index (χ3n) is 5.20. The molecule has 1 heterocycles. The highest BCUT2D eigenvalue weighted by Gasteiger charge is 2.40. The van der Waals surface area contributed by atoms with Gasteiger partial charge >= 0.3 is 0 Å². The highest BCUT2D eigenvalue weighted by molar-refractivity contribution is 8.01. The second-order valence-electron chi connectivity index (χ2n) is 7.26. The summed E-state index contributed by atoms with van der Waals surface area (Å²) in [4.78, 5) is 38.7. The van der Waals surface area contributed by atoms with Gasteiger partial charge in [-0.25, -0.2) is 4.90 Å². The first-order valence-electron chi connectivity index (χ1n) is 9.85. The van der Waals surface area contributed by atoms with Crippen LogP contribution in [0.2, 0.25) is 0 Å². The third kappa shape index (κ3) is 4.09. The van der Waals surface area contributed by atoms with Crippen molar-refractivity contribution in [1.82, 2.24) is 5.32 Å². The van der Waals surface area contributed by atoms with E-state index in [1.54, 1.807) is 24.3 Å². The monoisotopic (exact) mass is 418 g/mol. The Morgan fingerprint density at radius 1 is 1.03 bits per heavy atom. The maximum absolute atomic E-state index is 12.7. The molecule has 5 nitrogen and oxygen atoms in total. The number of thioether (sulfide) groups is 1. The van der Waals surface area contributed by atoms with Gasteiger partial charge in [0.15, 0.2) is 0 Å². The van der Waals surface area contributed by atoms with Gasteiger partial charge in [0, 0.05) is 6.42 Å². The number of benzene rings is 3. The molecule has 30 heavy (non-hydrogen) atoms. The molecule has 4 rings (SSSR count). The van der Waals surface area contributed by atoms with Gasteiger partial charge in [0.05, 0.1) is 22.7 Å². The largest absolute Gasteiger partial charge is 0.349 e. The SMILES string of the molecule is C[C@H](NC(=O)CS[C@H]1CC(=O)N(c2ccccc2)C1=O)c1cccc2ccccc12. The molecule has 3 amide bonds. The van der Waals surface area contributed by atoms with Gasteiger partial charge in [-0.15, -0.1) is 11.8 Å². The van der Waals surface area contributed by atoms with Gasteiger partial charge < -0.3 is 5.32 Å². The van der Waals surface area contributed by atoms with E-state index in [9.17, 15) is 14.4 Å². The summed E-state index contributed by atoms with van der Waals surface area (Å²) in [5.41, 5.74) is 1.62. The summed E-state index contributed by atoms with van der Waals surface area (Å²) >= 11 is 1.22. The van der Waals surface area contributed by atoms with Crippen molar-refractivity contribution in [1.29, 1.82) is 0 Å². The summed E-state index contributed by atoms with van der Waals surface area (Å²) < 4.78 is 0. The van der Waals surface area contributed by atoms with Crippen LogP contribution in [0.25, 0.3) is 10.8 Å². The number of carbonyl (C=O) groups is 3. The van der Waals surface area contributed by atoms with E-state index in [1.165, 1.54) is 16.7 Å². The maximum atomic E-state index is 12.7. The third-order valence-corrected chi connectivity index (χ3v) is 6.40. The molecule has 3 aromatic rings. The molecule has 0 spiro atoms. The van der Waals surface area contributed by atoms with Gasteiger partial charge in [-0.05, 0) is 35.4 Å². The van der Waals surface area contributed by atoms with Crippen LogP contribution in [-0.4, -0.2) is 28.7 Å². The van der Waals surface area contributed by atoms with E-state index in [4.69, 9.17) is 0 Å². The van der Waals surface area contributed by atoms with E-state index >= 15 is 0 Å². The van der Waals surface area contributed by atoms with Gasteiger partial charge in [-0.1, -0.05) is 60.7 Å². The Labute approximate surface area is 179 Å². The summed E-state index contributed by atoms with van der Waals surface area (Å²) in [5, 5.41) is 4.71. The zero-order valence-electron chi connectivity index (χ0n) is 16.6. The predicted octanol–water partition coefficient (Wildman–Crippen LogP) is 4.08. The van der Waals surface area contributed by atoms with Crippen molar-refractivity contribution in [3.63, 3.8) is 0 Å². The van der Waals surface area contributed by atoms with Gasteiger partial charge in [-0.3, -0.25) is 14.4 Å². The highest BCUT2D eigenvalue weighted by atomic mass is 32.2. The fraction of sp³-hybridized carbons (Fsp3) is 0.208. The van der Waals surface area contributed by atoms with Crippen molar-refractivity contribution >= 4 is 45.9 Å². The summed E-state index contributed by atoms with van der Waals surface area (Å²) in [6, 6.07) is 22.8. The Morgan fingerprint density at radius 2 is 1.73 bits per heavy atom. The van der Waals surface area contributed by atoms with Crippen molar-refractivity contribution in [2.24, 2.45) is 0 Å². The molecule has 1 aliphatic heterocycles. The zero-order valence-corrected chi connectivity index (χ0v) is 17.4. The molecule has 0 aliphatic carbocycles. The molecule has 0 unspecified atom stereocenters. The van der Waals surface area contributed by atoms with E-state index in [-0.39, 0.29) is 35.9 Å². The Morgan fingerprint density at radius 3 is 2.53 bits per heavy atom. The summed E-state index contributed by atoms with van der Waals surface area (Å²) in [7, 11) is 0. The maximum Gasteiger partial charge on any atom is 0.247 e. The number of para-hydroxylation sites is 1. The lowest BCUT2D eigenvalue weighted by Gasteiger charge is -2.17. The number of nitrogens with zero attached hydrogens (tertiary/aromatic N) is 1. The van der Waals surface area contributed by atoms with Crippen LogP contribution in [0.5, 0.6) is 0 Å². The molecule has 3 aromatic carbocycles. The molecule has 0 radical (unpaired) electrons. The topological polar surface area (TPSA) is 66.5 Å². The van der Waals surface area contributed by atoms with E-state index in [1.807, 2.05) is 55.5 Å². The zero-order chi connectivity index (χ0) is 21.1. The Kier molecular flexibility index (Phi) is 5.86. The number of nitrogens with one attached hydrogen (secondary N) is 1. The van der Waals surface area contributed by atoms with Gasteiger partial charge in [0.25, 0.3) is 0 Å². The number of carbonyl (C=O) groups excluding carboxylic acids is 3. The first-order chi connectivity index (χ1) is 14.5. The average molecular weight is 419 g/mol. The number of hydrogen-bond donors (Lipinski definition) is 1. The highest BCUT2D eigenvalue weighted by Crippen LogP contribution is 2.30. The van der Waals surface area contributed by atoms with Crippen molar-refractivity contribution < 1.29 is 14.4 Å². The number of anilines is 1. The number of imide groups is 1. The lowest BCUT2D eigenvalue weighted by molar-refractivity contribution is -0.121. The standard InChI is InChI=1S/C24H22N2O3S/c1-16(19-13-7-9-17-8-5-6-12-20(17)19)25-22(27)15-30-21-14-23(28)26(24(21)29)18-10-3-2-4-11-18/h2-13,16,21H,14-15H2,1H3,(H,25,27)/t16-,21-/m0/s1. The second kappa shape index (κ2) is 8.71. The summed E-state index contributed by atoms with van der Waals surface area (Å²) in [6.45, 7) is 1.95. The van der Waals surface area contributed by atoms with Crippen molar-refractivity contribution in [2.45, 2.75) is 24.6 Å². The minimum absolute atomic E-state index is 0.116. The smallest absolute Gasteiger partial charge is 0.247 e. The Balaban J connectivity index is 1.37. The van der Waals surface area contributed by atoms with Crippen LogP contribution in [0.4, 0.5) is 5.69 Å². The minimum Gasteiger partial charge on any atom is -0.349 e. The normalized spacial score (nSPS) is 17.4. The van der Waals surface area contributed by atoms with Crippen LogP contribution in [0.3, 0.4) is 0 Å². The number of fused-ring (bicyclic) bond motifs is 1. The van der Waals surface area contributed by atoms with Crippen LogP contribution in [0, 0.1) is 0 Å². The van der Waals surface area contributed by atoms with Crippen LogP contribution >= 0.6 is 11.8 Å². The molecule has 152 valence electrons. The molecule has 0 bridgehead atoms. The second-order valence-corrected chi connectivity index (χ2v) is 8.46.